The van der Waals surface area contributed by atoms with E-state index in [1.54, 1.807) is 42.5 Å². The van der Waals surface area contributed by atoms with E-state index in [4.69, 9.17) is 5.84 Å². The maximum absolute atomic E-state index is 12.6. The molecule has 0 saturated carbocycles. The van der Waals surface area contributed by atoms with E-state index in [0.717, 1.165) is 10.8 Å². The summed E-state index contributed by atoms with van der Waals surface area (Å²) in [6.07, 6.45) is 0. The highest BCUT2D eigenvalue weighted by molar-refractivity contribution is 6.14. The highest BCUT2D eigenvalue weighted by Crippen LogP contribution is 2.20. The molecule has 0 bridgehead atoms. The first-order valence-electron chi connectivity index (χ1n) is 6.85. The van der Waals surface area contributed by atoms with Crippen LogP contribution in [0, 0.1) is 0 Å². The van der Waals surface area contributed by atoms with E-state index >= 15 is 0 Å². The molecule has 108 valence electrons. The summed E-state index contributed by atoms with van der Waals surface area (Å²) in [5.74, 6) is 4.70. The van der Waals surface area contributed by atoms with Gasteiger partial charge in [0.15, 0.2) is 0 Å². The lowest BCUT2D eigenvalue weighted by atomic mass is 10.0. The van der Waals surface area contributed by atoms with E-state index < -0.39 is 11.8 Å². The Morgan fingerprint density at radius 3 is 2.14 bits per heavy atom. The minimum Gasteiger partial charge on any atom is -0.267 e. The summed E-state index contributed by atoms with van der Waals surface area (Å²) in [7, 11) is 0. The monoisotopic (exact) mass is 290 g/mol. The fraction of sp³-hybridized carbons (Fsp3) is 0. The van der Waals surface area contributed by atoms with Crippen LogP contribution in [0.25, 0.3) is 10.8 Å². The third-order valence-electron chi connectivity index (χ3n) is 3.48. The third kappa shape index (κ3) is 2.47. The zero-order chi connectivity index (χ0) is 15.5. The molecule has 0 spiro atoms. The first kappa shape index (κ1) is 14.0. The second-order valence-electron chi connectivity index (χ2n) is 4.87. The number of benzene rings is 3. The second-order valence-corrected chi connectivity index (χ2v) is 4.87. The Morgan fingerprint density at radius 2 is 1.36 bits per heavy atom. The van der Waals surface area contributed by atoms with Crippen molar-refractivity contribution in [3.8, 4) is 0 Å². The van der Waals surface area contributed by atoms with Crippen LogP contribution in [0.2, 0.25) is 0 Å². The number of nitrogens with zero attached hydrogens (tertiary/aromatic N) is 1. The maximum Gasteiger partial charge on any atom is 0.275 e. The van der Waals surface area contributed by atoms with Gasteiger partial charge in [-0.05, 0) is 29.0 Å². The van der Waals surface area contributed by atoms with Gasteiger partial charge in [0, 0.05) is 11.1 Å². The van der Waals surface area contributed by atoms with Gasteiger partial charge in [-0.2, -0.15) is 0 Å². The lowest BCUT2D eigenvalue weighted by molar-refractivity contribution is 0.0616. The van der Waals surface area contributed by atoms with Crippen molar-refractivity contribution in [2.75, 3.05) is 0 Å². The summed E-state index contributed by atoms with van der Waals surface area (Å²) in [5, 5.41) is 2.36. The van der Waals surface area contributed by atoms with Crippen molar-refractivity contribution in [3.63, 3.8) is 0 Å². The minimum atomic E-state index is -0.529. The van der Waals surface area contributed by atoms with Gasteiger partial charge in [-0.3, -0.25) is 9.59 Å². The third-order valence-corrected chi connectivity index (χ3v) is 3.48. The Kier molecular flexibility index (Phi) is 3.68. The molecule has 0 aliphatic heterocycles. The van der Waals surface area contributed by atoms with Gasteiger partial charge < -0.3 is 0 Å². The molecule has 0 radical (unpaired) electrons. The standard InChI is InChI=1S/C18H14N2O2/c19-20(17(21)14-8-2-1-3-9-14)18(22)16-12-6-10-13-7-4-5-11-15(13)16/h1-12H,19H2. The fourth-order valence-corrected chi connectivity index (χ4v) is 2.35. The molecule has 0 aliphatic carbocycles. The topological polar surface area (TPSA) is 63.4 Å². The first-order chi connectivity index (χ1) is 10.7. The Hall–Kier alpha value is -2.98. The van der Waals surface area contributed by atoms with Gasteiger partial charge in [0.25, 0.3) is 11.8 Å². The summed E-state index contributed by atoms with van der Waals surface area (Å²) >= 11 is 0. The number of hydrogen-bond donors (Lipinski definition) is 1. The first-order valence-corrected chi connectivity index (χ1v) is 6.85. The second kappa shape index (κ2) is 5.79. The van der Waals surface area contributed by atoms with Crippen LogP contribution in [0.5, 0.6) is 0 Å². The van der Waals surface area contributed by atoms with Gasteiger partial charge in [-0.25, -0.2) is 10.9 Å². The summed E-state index contributed by atoms with van der Waals surface area (Å²) in [5.41, 5.74) is 0.781. The predicted molar refractivity (Wildman–Crippen MR) is 85.1 cm³/mol. The number of imide groups is 1. The van der Waals surface area contributed by atoms with Gasteiger partial charge in [-0.15, -0.1) is 0 Å². The van der Waals surface area contributed by atoms with Crippen molar-refractivity contribution in [1.29, 1.82) is 0 Å². The van der Waals surface area contributed by atoms with Crippen molar-refractivity contribution in [1.82, 2.24) is 5.01 Å². The molecule has 0 heterocycles. The highest BCUT2D eigenvalue weighted by atomic mass is 16.2. The Balaban J connectivity index is 1.97. The summed E-state index contributed by atoms with van der Waals surface area (Å²) < 4.78 is 0. The Bertz CT molecular complexity index is 839. The van der Waals surface area contributed by atoms with Crippen LogP contribution < -0.4 is 5.84 Å². The van der Waals surface area contributed by atoms with Crippen molar-refractivity contribution in [3.05, 3.63) is 83.9 Å². The quantitative estimate of drug-likeness (QED) is 0.341. The number of rotatable bonds is 2. The van der Waals surface area contributed by atoms with Gasteiger partial charge in [0.2, 0.25) is 0 Å². The van der Waals surface area contributed by atoms with Crippen LogP contribution in [-0.2, 0) is 0 Å². The molecule has 2 N–H and O–H groups in total. The molecule has 2 amide bonds. The molecule has 22 heavy (non-hydrogen) atoms. The van der Waals surface area contributed by atoms with E-state index in [1.807, 2.05) is 30.3 Å². The molecule has 0 atom stereocenters. The zero-order valence-corrected chi connectivity index (χ0v) is 11.8. The summed E-state index contributed by atoms with van der Waals surface area (Å²) in [6.45, 7) is 0. The largest absolute Gasteiger partial charge is 0.275 e. The van der Waals surface area contributed by atoms with Crippen molar-refractivity contribution in [2.24, 2.45) is 5.84 Å². The minimum absolute atomic E-state index is 0.374. The highest BCUT2D eigenvalue weighted by Gasteiger charge is 2.22. The Labute approximate surface area is 127 Å². The molecule has 0 saturated heterocycles. The van der Waals surface area contributed by atoms with E-state index in [2.05, 4.69) is 0 Å². The molecule has 0 fully saturated rings. The summed E-state index contributed by atoms with van der Waals surface area (Å²) in [6, 6.07) is 21.3. The Morgan fingerprint density at radius 1 is 0.727 bits per heavy atom. The number of hydrogen-bond acceptors (Lipinski definition) is 3. The van der Waals surface area contributed by atoms with Crippen LogP contribution in [-0.4, -0.2) is 16.8 Å². The van der Waals surface area contributed by atoms with Gasteiger partial charge in [-0.1, -0.05) is 54.6 Å². The maximum atomic E-state index is 12.6. The van der Waals surface area contributed by atoms with Crippen LogP contribution in [0.1, 0.15) is 20.7 Å². The van der Waals surface area contributed by atoms with Gasteiger partial charge in [0.1, 0.15) is 0 Å². The van der Waals surface area contributed by atoms with Crippen LogP contribution in [0.15, 0.2) is 72.8 Å². The van der Waals surface area contributed by atoms with Crippen molar-refractivity contribution < 1.29 is 9.59 Å². The molecule has 0 aromatic heterocycles. The molecular weight excluding hydrogens is 276 g/mol. The lowest BCUT2D eigenvalue weighted by Gasteiger charge is -2.16. The molecule has 3 rings (SSSR count). The average molecular weight is 290 g/mol. The molecular formula is C18H14N2O2. The summed E-state index contributed by atoms with van der Waals surface area (Å²) in [4.78, 5) is 24.8. The van der Waals surface area contributed by atoms with Crippen molar-refractivity contribution in [2.45, 2.75) is 0 Å². The number of nitrogens with two attached hydrogens (primary N) is 1. The fourth-order valence-electron chi connectivity index (χ4n) is 2.35. The number of hydrazine groups is 1. The van der Waals surface area contributed by atoms with Crippen LogP contribution in [0.4, 0.5) is 0 Å². The lowest BCUT2D eigenvalue weighted by Crippen LogP contribution is -2.42. The molecule has 3 aromatic carbocycles. The van der Waals surface area contributed by atoms with Crippen LogP contribution in [0.3, 0.4) is 0 Å². The number of fused-ring (bicyclic) bond motifs is 1. The smallest absolute Gasteiger partial charge is 0.267 e. The zero-order valence-electron chi connectivity index (χ0n) is 11.8. The van der Waals surface area contributed by atoms with Crippen molar-refractivity contribution >= 4 is 22.6 Å². The van der Waals surface area contributed by atoms with Gasteiger partial charge >= 0.3 is 0 Å². The molecule has 3 aromatic rings. The number of amides is 2. The molecule has 4 nitrogen and oxygen atoms in total. The van der Waals surface area contributed by atoms with E-state index in [1.165, 1.54) is 0 Å². The van der Waals surface area contributed by atoms with E-state index in [-0.39, 0.29) is 0 Å². The predicted octanol–water partition coefficient (Wildman–Crippen LogP) is 3.00. The molecule has 0 aliphatic rings. The SMILES string of the molecule is NN(C(=O)c1ccccc1)C(=O)c1cccc2ccccc12. The number of carbonyl (C=O) groups is 2. The normalized spacial score (nSPS) is 10.4. The van der Waals surface area contributed by atoms with Crippen LogP contribution >= 0.6 is 0 Å². The van der Waals surface area contributed by atoms with E-state index in [9.17, 15) is 9.59 Å². The molecule has 0 unspecified atom stereocenters. The van der Waals surface area contributed by atoms with E-state index in [0.29, 0.717) is 16.1 Å². The average Bonchev–Trinajstić information content (AvgIpc) is 2.60. The molecule has 4 heteroatoms. The number of carbonyl (C=O) groups excluding carboxylic acids is 2. The van der Waals surface area contributed by atoms with Gasteiger partial charge in [0.05, 0.1) is 0 Å².